The summed E-state index contributed by atoms with van der Waals surface area (Å²) in [6.07, 6.45) is 1.44. The van der Waals surface area contributed by atoms with Crippen molar-refractivity contribution in [2.75, 3.05) is 0 Å². The number of furan rings is 1. The van der Waals surface area contributed by atoms with E-state index in [0.29, 0.717) is 15.5 Å². The van der Waals surface area contributed by atoms with Gasteiger partial charge >= 0.3 is 5.97 Å². The van der Waals surface area contributed by atoms with Crippen molar-refractivity contribution in [3.05, 3.63) is 73.7 Å². The predicted octanol–water partition coefficient (Wildman–Crippen LogP) is 5.30. The van der Waals surface area contributed by atoms with E-state index < -0.39 is 11.4 Å². The van der Waals surface area contributed by atoms with Crippen molar-refractivity contribution in [3.8, 4) is 17.3 Å². The van der Waals surface area contributed by atoms with Crippen molar-refractivity contribution in [3.63, 3.8) is 0 Å². The minimum absolute atomic E-state index is 0.0547. The summed E-state index contributed by atoms with van der Waals surface area (Å²) < 4.78 is 16.6. The van der Waals surface area contributed by atoms with Crippen LogP contribution in [0, 0.1) is 6.92 Å². The van der Waals surface area contributed by atoms with Gasteiger partial charge < -0.3 is 13.6 Å². The minimum atomic E-state index is -0.641. The maximum absolute atomic E-state index is 13.0. The van der Waals surface area contributed by atoms with E-state index in [2.05, 4.69) is 0 Å². The fraction of sp³-hybridized carbons (Fsp3) is 0.0526. The summed E-state index contributed by atoms with van der Waals surface area (Å²) in [6, 6.07) is 9.78. The maximum atomic E-state index is 13.0. The molecule has 0 N–H and O–H groups in total. The molecule has 130 valence electrons. The van der Waals surface area contributed by atoms with Crippen molar-refractivity contribution in [2.24, 2.45) is 0 Å². The molecule has 0 radical (unpaired) electrons. The third-order valence-corrected chi connectivity index (χ3v) is 5.05. The summed E-state index contributed by atoms with van der Waals surface area (Å²) in [5, 5.41) is 2.39. The van der Waals surface area contributed by atoms with Crippen molar-refractivity contribution >= 4 is 39.9 Å². The van der Waals surface area contributed by atoms with Crippen LogP contribution in [0.2, 0.25) is 5.02 Å². The van der Waals surface area contributed by atoms with E-state index in [1.54, 1.807) is 42.6 Å². The van der Waals surface area contributed by atoms with Crippen LogP contribution in [0.15, 0.2) is 61.7 Å². The zero-order valence-electron chi connectivity index (χ0n) is 13.4. The van der Waals surface area contributed by atoms with Crippen LogP contribution in [-0.2, 0) is 0 Å². The molecule has 0 saturated heterocycles. The number of thiophene rings is 1. The fourth-order valence-electron chi connectivity index (χ4n) is 2.50. The van der Waals surface area contributed by atoms with Crippen molar-refractivity contribution in [1.82, 2.24) is 0 Å². The van der Waals surface area contributed by atoms with Crippen LogP contribution in [0.3, 0.4) is 0 Å². The van der Waals surface area contributed by atoms with Gasteiger partial charge in [-0.3, -0.25) is 4.79 Å². The highest BCUT2D eigenvalue weighted by Crippen LogP contribution is 2.33. The molecule has 0 spiro atoms. The number of carbonyl (C=O) groups excluding carboxylic acids is 1. The highest BCUT2D eigenvalue weighted by atomic mass is 35.5. The van der Waals surface area contributed by atoms with Gasteiger partial charge in [-0.05, 0) is 48.2 Å². The lowest BCUT2D eigenvalue weighted by molar-refractivity contribution is 0.0736. The zero-order chi connectivity index (χ0) is 18.3. The van der Waals surface area contributed by atoms with Gasteiger partial charge in [0.05, 0.1) is 11.6 Å². The average molecular weight is 387 g/mol. The first-order chi connectivity index (χ1) is 12.5. The van der Waals surface area contributed by atoms with Crippen LogP contribution in [0.5, 0.6) is 5.75 Å². The minimum Gasteiger partial charge on any atom is -0.461 e. The zero-order valence-corrected chi connectivity index (χ0v) is 15.0. The number of hydrogen-bond donors (Lipinski definition) is 0. The molecular weight excluding hydrogens is 376 g/mol. The number of halogens is 1. The van der Waals surface area contributed by atoms with Gasteiger partial charge in [-0.25, -0.2) is 4.79 Å². The normalized spacial score (nSPS) is 11.0. The van der Waals surface area contributed by atoms with Crippen LogP contribution in [0.25, 0.3) is 22.5 Å². The molecule has 3 aromatic heterocycles. The molecule has 0 saturated carbocycles. The molecule has 0 aliphatic carbocycles. The van der Waals surface area contributed by atoms with Gasteiger partial charge in [0.1, 0.15) is 10.5 Å². The number of fused-ring (bicyclic) bond motifs is 1. The predicted molar refractivity (Wildman–Crippen MR) is 99.2 cm³/mol. The molecule has 7 heteroatoms. The molecule has 0 aliphatic heterocycles. The van der Waals surface area contributed by atoms with Crippen LogP contribution in [0.4, 0.5) is 0 Å². The van der Waals surface area contributed by atoms with E-state index in [-0.39, 0.29) is 22.7 Å². The average Bonchev–Trinajstić information content (AvgIpc) is 3.32. The van der Waals surface area contributed by atoms with Crippen LogP contribution >= 0.6 is 22.9 Å². The molecular formula is C19H11ClO5S. The standard InChI is InChI=1S/C19H11ClO5S/c1-10-8-14-11(9-12(10)20)16(21)18(17(24-14)13-4-2-6-23-13)25-19(22)15-5-3-7-26-15/h2-9H,1H3. The fourth-order valence-corrected chi connectivity index (χ4v) is 3.26. The lowest BCUT2D eigenvalue weighted by Crippen LogP contribution is -2.15. The molecule has 0 fully saturated rings. The van der Waals surface area contributed by atoms with Crippen LogP contribution in [0.1, 0.15) is 15.2 Å². The van der Waals surface area contributed by atoms with Crippen molar-refractivity contribution < 1.29 is 18.4 Å². The Morgan fingerprint density at radius 2 is 2.08 bits per heavy atom. The summed E-state index contributed by atoms with van der Waals surface area (Å²) in [6.45, 7) is 1.80. The van der Waals surface area contributed by atoms with Gasteiger partial charge in [-0.15, -0.1) is 11.3 Å². The number of esters is 1. The molecule has 0 bridgehead atoms. The van der Waals surface area contributed by atoms with Gasteiger partial charge in [0.15, 0.2) is 5.76 Å². The Hall–Kier alpha value is -2.83. The number of ether oxygens (including phenoxy) is 1. The Morgan fingerprint density at radius 1 is 1.23 bits per heavy atom. The van der Waals surface area contributed by atoms with Crippen molar-refractivity contribution in [2.45, 2.75) is 6.92 Å². The second-order valence-corrected chi connectivity index (χ2v) is 6.89. The quantitative estimate of drug-likeness (QED) is 0.447. The molecule has 1 aromatic carbocycles. The van der Waals surface area contributed by atoms with E-state index in [4.69, 9.17) is 25.2 Å². The molecule has 5 nitrogen and oxygen atoms in total. The van der Waals surface area contributed by atoms with Gasteiger partial charge in [0.25, 0.3) is 0 Å². The SMILES string of the molecule is Cc1cc2oc(-c3ccco3)c(OC(=O)c3cccs3)c(=O)c2cc1Cl. The Morgan fingerprint density at radius 3 is 2.77 bits per heavy atom. The third kappa shape index (κ3) is 2.83. The molecule has 0 amide bonds. The Kier molecular flexibility index (Phi) is 4.14. The van der Waals surface area contributed by atoms with E-state index in [0.717, 1.165) is 5.56 Å². The van der Waals surface area contributed by atoms with Crippen LogP contribution < -0.4 is 10.2 Å². The molecule has 4 aromatic rings. The highest BCUT2D eigenvalue weighted by molar-refractivity contribution is 7.12. The molecule has 26 heavy (non-hydrogen) atoms. The largest absolute Gasteiger partial charge is 0.461 e. The topological polar surface area (TPSA) is 69.7 Å². The summed E-state index contributed by atoms with van der Waals surface area (Å²) in [5.41, 5.74) is 0.597. The molecule has 0 aliphatic rings. The molecule has 0 unspecified atom stereocenters. The molecule has 0 atom stereocenters. The highest BCUT2D eigenvalue weighted by Gasteiger charge is 2.23. The summed E-state index contributed by atoms with van der Waals surface area (Å²) in [4.78, 5) is 25.7. The van der Waals surface area contributed by atoms with Crippen LogP contribution in [-0.4, -0.2) is 5.97 Å². The summed E-state index contributed by atoms with van der Waals surface area (Å²) in [7, 11) is 0. The second-order valence-electron chi connectivity index (χ2n) is 5.53. The van der Waals surface area contributed by atoms with E-state index in [1.165, 1.54) is 23.7 Å². The first-order valence-corrected chi connectivity index (χ1v) is 8.87. The number of carbonyl (C=O) groups is 1. The van der Waals surface area contributed by atoms with Crippen molar-refractivity contribution in [1.29, 1.82) is 0 Å². The van der Waals surface area contributed by atoms with Gasteiger partial charge in [0, 0.05) is 5.02 Å². The number of rotatable bonds is 3. The maximum Gasteiger partial charge on any atom is 0.353 e. The summed E-state index contributed by atoms with van der Waals surface area (Å²) >= 11 is 7.35. The second kappa shape index (κ2) is 6.48. The van der Waals surface area contributed by atoms with E-state index in [9.17, 15) is 9.59 Å². The first kappa shape index (κ1) is 16.6. The first-order valence-electron chi connectivity index (χ1n) is 7.61. The smallest absolute Gasteiger partial charge is 0.353 e. The molecule has 3 heterocycles. The lowest BCUT2D eigenvalue weighted by Gasteiger charge is -2.09. The Labute approximate surface area is 156 Å². The Bertz CT molecular complexity index is 1160. The van der Waals surface area contributed by atoms with Gasteiger partial charge in [-0.1, -0.05) is 17.7 Å². The van der Waals surface area contributed by atoms with Gasteiger partial charge in [0.2, 0.25) is 16.9 Å². The molecule has 4 rings (SSSR count). The van der Waals surface area contributed by atoms with E-state index >= 15 is 0 Å². The Balaban J connectivity index is 1.95. The third-order valence-electron chi connectivity index (χ3n) is 3.79. The van der Waals surface area contributed by atoms with Gasteiger partial charge in [-0.2, -0.15) is 0 Å². The monoisotopic (exact) mass is 386 g/mol. The number of aryl methyl sites for hydroxylation is 1. The van der Waals surface area contributed by atoms with E-state index in [1.807, 2.05) is 0 Å². The summed E-state index contributed by atoms with van der Waals surface area (Å²) in [5.74, 6) is -0.534. The lowest BCUT2D eigenvalue weighted by atomic mass is 10.1. The number of benzene rings is 1. The number of hydrogen-bond acceptors (Lipinski definition) is 6.